The highest BCUT2D eigenvalue weighted by atomic mass is 16.3. The van der Waals surface area contributed by atoms with Crippen molar-refractivity contribution in [1.29, 1.82) is 0 Å². The molecular formula is C16H23N2O+. The summed E-state index contributed by atoms with van der Waals surface area (Å²) in [5, 5.41) is 11.5. The Morgan fingerprint density at radius 1 is 1.11 bits per heavy atom. The number of piperidine rings is 1. The molecule has 0 radical (unpaired) electrons. The molecule has 2 heterocycles. The van der Waals surface area contributed by atoms with Gasteiger partial charge in [0.15, 0.2) is 0 Å². The summed E-state index contributed by atoms with van der Waals surface area (Å²) < 4.78 is 2.17. The van der Waals surface area contributed by atoms with Crippen molar-refractivity contribution in [3.05, 3.63) is 36.5 Å². The standard InChI is InChI=1S/C16H22N2O/c19-15(12-17-9-4-1-5-10-17)13-18-11-8-14-6-2-3-7-16(14)18/h2-3,6-8,11,15,19H,1,4-5,9-10,12-13H2/p+1/t15-/m1/s1. The van der Waals surface area contributed by atoms with Crippen molar-refractivity contribution >= 4 is 10.9 Å². The molecule has 3 heteroatoms. The van der Waals surface area contributed by atoms with Crippen molar-refractivity contribution in [2.24, 2.45) is 0 Å². The van der Waals surface area contributed by atoms with Gasteiger partial charge in [-0.3, -0.25) is 0 Å². The second-order valence-electron chi connectivity index (χ2n) is 5.70. The Hall–Kier alpha value is -1.32. The van der Waals surface area contributed by atoms with Crippen LogP contribution in [0.15, 0.2) is 36.5 Å². The summed E-state index contributed by atoms with van der Waals surface area (Å²) in [6.45, 7) is 4.04. The molecule has 0 saturated carbocycles. The predicted octanol–water partition coefficient (Wildman–Crippen LogP) is 1.07. The first kappa shape index (κ1) is 12.7. The molecule has 1 aliphatic rings. The molecule has 0 unspecified atom stereocenters. The number of aliphatic hydroxyl groups is 1. The maximum atomic E-state index is 10.3. The van der Waals surface area contributed by atoms with Gasteiger partial charge in [-0.1, -0.05) is 18.2 Å². The topological polar surface area (TPSA) is 29.6 Å². The second kappa shape index (κ2) is 5.76. The fraction of sp³-hybridized carbons (Fsp3) is 0.500. The van der Waals surface area contributed by atoms with Crippen molar-refractivity contribution in [2.45, 2.75) is 31.9 Å². The SMILES string of the molecule is O[C@@H](Cn1ccc2ccccc21)C[NH+]1CCCCC1. The number of aliphatic hydroxyl groups excluding tert-OH is 1. The van der Waals surface area contributed by atoms with Crippen LogP contribution >= 0.6 is 0 Å². The predicted molar refractivity (Wildman–Crippen MR) is 77.4 cm³/mol. The summed E-state index contributed by atoms with van der Waals surface area (Å²) in [5.41, 5.74) is 1.22. The maximum Gasteiger partial charge on any atom is 0.121 e. The lowest BCUT2D eigenvalue weighted by Gasteiger charge is -2.25. The van der Waals surface area contributed by atoms with E-state index in [0.29, 0.717) is 6.54 Å². The van der Waals surface area contributed by atoms with Gasteiger partial charge in [0.1, 0.15) is 12.6 Å². The van der Waals surface area contributed by atoms with Crippen molar-refractivity contribution in [3.8, 4) is 0 Å². The monoisotopic (exact) mass is 259 g/mol. The van der Waals surface area contributed by atoms with E-state index in [9.17, 15) is 5.11 Å². The smallest absolute Gasteiger partial charge is 0.121 e. The normalized spacial score (nSPS) is 18.8. The molecular weight excluding hydrogens is 236 g/mol. The summed E-state index contributed by atoms with van der Waals surface area (Å²) in [4.78, 5) is 1.57. The van der Waals surface area contributed by atoms with Crippen LogP contribution in [0, 0.1) is 0 Å². The van der Waals surface area contributed by atoms with Gasteiger partial charge < -0.3 is 14.6 Å². The zero-order valence-corrected chi connectivity index (χ0v) is 11.4. The third kappa shape index (κ3) is 2.99. The van der Waals surface area contributed by atoms with Gasteiger partial charge >= 0.3 is 0 Å². The number of nitrogens with one attached hydrogen (secondary N) is 1. The number of para-hydroxylation sites is 1. The van der Waals surface area contributed by atoms with E-state index in [-0.39, 0.29) is 6.10 Å². The van der Waals surface area contributed by atoms with E-state index in [2.05, 4.69) is 41.1 Å². The van der Waals surface area contributed by atoms with E-state index in [4.69, 9.17) is 0 Å². The minimum absolute atomic E-state index is 0.246. The summed E-state index contributed by atoms with van der Waals surface area (Å²) in [5.74, 6) is 0. The summed E-state index contributed by atoms with van der Waals surface area (Å²) >= 11 is 0. The Labute approximate surface area is 114 Å². The molecule has 1 aromatic heterocycles. The first-order valence-electron chi connectivity index (χ1n) is 7.38. The van der Waals surface area contributed by atoms with E-state index in [0.717, 1.165) is 6.54 Å². The van der Waals surface area contributed by atoms with E-state index in [1.807, 2.05) is 0 Å². The van der Waals surface area contributed by atoms with Crippen LogP contribution in [-0.4, -0.2) is 35.4 Å². The van der Waals surface area contributed by atoms with Gasteiger partial charge in [0, 0.05) is 11.7 Å². The zero-order valence-electron chi connectivity index (χ0n) is 11.4. The Kier molecular flexibility index (Phi) is 3.85. The van der Waals surface area contributed by atoms with Gasteiger partial charge in [0.05, 0.1) is 19.6 Å². The molecule has 3 nitrogen and oxygen atoms in total. The highest BCUT2D eigenvalue weighted by molar-refractivity contribution is 5.79. The van der Waals surface area contributed by atoms with Gasteiger partial charge in [-0.15, -0.1) is 0 Å². The third-order valence-electron chi connectivity index (χ3n) is 4.17. The van der Waals surface area contributed by atoms with Crippen molar-refractivity contribution in [3.63, 3.8) is 0 Å². The van der Waals surface area contributed by atoms with E-state index in [1.165, 1.54) is 43.3 Å². The molecule has 1 aromatic carbocycles. The highest BCUT2D eigenvalue weighted by Crippen LogP contribution is 2.15. The van der Waals surface area contributed by atoms with Gasteiger partial charge in [0.2, 0.25) is 0 Å². The van der Waals surface area contributed by atoms with Crippen LogP contribution in [0.1, 0.15) is 19.3 Å². The minimum Gasteiger partial charge on any atom is -0.385 e. The van der Waals surface area contributed by atoms with E-state index in [1.54, 1.807) is 4.90 Å². The van der Waals surface area contributed by atoms with Crippen molar-refractivity contribution in [1.82, 2.24) is 4.57 Å². The molecule has 2 N–H and O–H groups in total. The first-order valence-corrected chi connectivity index (χ1v) is 7.38. The first-order chi connectivity index (χ1) is 9.33. The number of benzene rings is 1. The number of aromatic nitrogens is 1. The molecule has 102 valence electrons. The molecule has 1 saturated heterocycles. The van der Waals surface area contributed by atoms with Gasteiger partial charge in [-0.05, 0) is 36.8 Å². The largest absolute Gasteiger partial charge is 0.385 e. The lowest BCUT2D eigenvalue weighted by molar-refractivity contribution is -0.908. The van der Waals surface area contributed by atoms with Crippen LogP contribution in [0.4, 0.5) is 0 Å². The fourth-order valence-corrected chi connectivity index (χ4v) is 3.18. The van der Waals surface area contributed by atoms with Gasteiger partial charge in [-0.2, -0.15) is 0 Å². The lowest BCUT2D eigenvalue weighted by atomic mass is 10.1. The van der Waals surface area contributed by atoms with Crippen molar-refractivity contribution in [2.75, 3.05) is 19.6 Å². The molecule has 1 fully saturated rings. The van der Waals surface area contributed by atoms with Crippen LogP contribution in [0.5, 0.6) is 0 Å². The van der Waals surface area contributed by atoms with Crippen LogP contribution in [0.3, 0.4) is 0 Å². The molecule has 2 aromatic rings. The van der Waals surface area contributed by atoms with Crippen molar-refractivity contribution < 1.29 is 10.0 Å². The van der Waals surface area contributed by atoms with Crippen LogP contribution in [0.25, 0.3) is 10.9 Å². The van der Waals surface area contributed by atoms with Crippen LogP contribution < -0.4 is 4.90 Å². The van der Waals surface area contributed by atoms with E-state index < -0.39 is 0 Å². The fourth-order valence-electron chi connectivity index (χ4n) is 3.18. The van der Waals surface area contributed by atoms with E-state index >= 15 is 0 Å². The maximum absolute atomic E-state index is 10.3. The average molecular weight is 259 g/mol. The molecule has 1 aliphatic heterocycles. The quantitative estimate of drug-likeness (QED) is 0.845. The number of likely N-dealkylation sites (tertiary alicyclic amines) is 1. The minimum atomic E-state index is -0.246. The number of rotatable bonds is 4. The van der Waals surface area contributed by atoms with Gasteiger partial charge in [-0.25, -0.2) is 0 Å². The molecule has 0 aliphatic carbocycles. The number of quaternary nitrogens is 1. The Morgan fingerprint density at radius 3 is 2.74 bits per heavy atom. The van der Waals surface area contributed by atoms with Gasteiger partial charge in [0.25, 0.3) is 0 Å². The zero-order chi connectivity index (χ0) is 13.1. The molecule has 0 amide bonds. The Bertz CT molecular complexity index is 528. The number of nitrogens with zero attached hydrogens (tertiary/aromatic N) is 1. The second-order valence-corrected chi connectivity index (χ2v) is 5.70. The van der Waals surface area contributed by atoms with Crippen LogP contribution in [0.2, 0.25) is 0 Å². The highest BCUT2D eigenvalue weighted by Gasteiger charge is 2.18. The summed E-state index contributed by atoms with van der Waals surface area (Å²) in [7, 11) is 0. The number of hydrogen-bond donors (Lipinski definition) is 2. The van der Waals surface area contributed by atoms with Crippen LogP contribution in [-0.2, 0) is 6.54 Å². The average Bonchev–Trinajstić information content (AvgIpc) is 2.83. The summed E-state index contributed by atoms with van der Waals surface area (Å²) in [6, 6.07) is 10.5. The number of fused-ring (bicyclic) bond motifs is 1. The Morgan fingerprint density at radius 2 is 1.89 bits per heavy atom. The molecule has 3 rings (SSSR count). The molecule has 0 bridgehead atoms. The molecule has 19 heavy (non-hydrogen) atoms. The Balaban J connectivity index is 1.63. The summed E-state index contributed by atoms with van der Waals surface area (Å²) in [6.07, 6.45) is 5.83. The molecule has 0 spiro atoms. The number of hydrogen-bond acceptors (Lipinski definition) is 1. The molecule has 1 atom stereocenters. The lowest BCUT2D eigenvalue weighted by Crippen LogP contribution is -3.13. The third-order valence-corrected chi connectivity index (χ3v) is 4.17.